The molecule has 0 spiro atoms. The molecule has 2 aromatic carbocycles. The molecule has 0 aliphatic rings. The number of aryl methyl sites for hydroxylation is 1. The molecule has 0 radical (unpaired) electrons. The summed E-state index contributed by atoms with van der Waals surface area (Å²) in [6.07, 6.45) is 4.33. The van der Waals surface area contributed by atoms with Crippen molar-refractivity contribution in [1.29, 1.82) is 0 Å². The maximum atomic E-state index is 10.8. The molecule has 0 fully saturated rings. The number of aliphatic imine (C=N–C) groups is 3. The molecular formula is C17H11N3O3. The predicted octanol–water partition coefficient (Wildman–Crippen LogP) is 3.87. The Morgan fingerprint density at radius 1 is 0.826 bits per heavy atom. The molecule has 6 heteroatoms. The standard InChI is InChI=1S/C17H11N3O3/c1-11-4-3-5-13(6-11)14-7-15(18-8-21)17(20-10-23)12(2)16(14)19-9-22/h3-7H,1-2H3. The zero-order valence-corrected chi connectivity index (χ0v) is 12.5. The molecule has 0 saturated carbocycles. The smallest absolute Gasteiger partial charge is 0.211 e. The molecule has 23 heavy (non-hydrogen) atoms. The second-order valence-electron chi connectivity index (χ2n) is 4.74. The molecule has 0 heterocycles. The van der Waals surface area contributed by atoms with Crippen LogP contribution in [0.2, 0.25) is 0 Å². The largest absolute Gasteiger partial charge is 0.240 e. The monoisotopic (exact) mass is 305 g/mol. The third-order valence-corrected chi connectivity index (χ3v) is 3.30. The van der Waals surface area contributed by atoms with E-state index < -0.39 is 0 Å². The van der Waals surface area contributed by atoms with Gasteiger partial charge in [0.25, 0.3) is 0 Å². The molecule has 0 aromatic heterocycles. The highest BCUT2D eigenvalue weighted by atomic mass is 16.1. The highest BCUT2D eigenvalue weighted by molar-refractivity contribution is 5.89. The Morgan fingerprint density at radius 2 is 1.48 bits per heavy atom. The summed E-state index contributed by atoms with van der Waals surface area (Å²) < 4.78 is 0. The van der Waals surface area contributed by atoms with Gasteiger partial charge in [0.1, 0.15) is 11.4 Å². The fraction of sp³-hybridized carbons (Fsp3) is 0.118. The van der Waals surface area contributed by atoms with Crippen molar-refractivity contribution in [1.82, 2.24) is 0 Å². The Labute approximate surface area is 131 Å². The first-order chi connectivity index (χ1) is 11.1. The lowest BCUT2D eigenvalue weighted by atomic mass is 9.97. The topological polar surface area (TPSA) is 88.3 Å². The van der Waals surface area contributed by atoms with Crippen molar-refractivity contribution in [2.24, 2.45) is 15.0 Å². The summed E-state index contributed by atoms with van der Waals surface area (Å²) in [5.74, 6) is 0. The maximum absolute atomic E-state index is 10.8. The zero-order chi connectivity index (χ0) is 16.8. The summed E-state index contributed by atoms with van der Waals surface area (Å²) in [7, 11) is 0. The predicted molar refractivity (Wildman–Crippen MR) is 84.7 cm³/mol. The summed E-state index contributed by atoms with van der Waals surface area (Å²) in [5.41, 5.74) is 3.38. The SMILES string of the molecule is Cc1cccc(-c2cc(N=C=O)c(N=C=O)c(C)c2N=C=O)c1. The van der Waals surface area contributed by atoms with Crippen LogP contribution in [0.3, 0.4) is 0 Å². The van der Waals surface area contributed by atoms with E-state index in [1.807, 2.05) is 31.2 Å². The number of carbonyl (C=O) groups excluding carboxylic acids is 3. The lowest BCUT2D eigenvalue weighted by Crippen LogP contribution is -1.86. The van der Waals surface area contributed by atoms with Crippen molar-refractivity contribution < 1.29 is 14.4 Å². The summed E-state index contributed by atoms with van der Waals surface area (Å²) in [4.78, 5) is 42.9. The van der Waals surface area contributed by atoms with Gasteiger partial charge in [0.05, 0.1) is 5.69 Å². The molecule has 0 amide bonds. The molecule has 0 atom stereocenters. The van der Waals surface area contributed by atoms with Crippen LogP contribution >= 0.6 is 0 Å². The maximum Gasteiger partial charge on any atom is 0.240 e. The number of benzene rings is 2. The number of rotatable bonds is 4. The van der Waals surface area contributed by atoms with Crippen molar-refractivity contribution in [2.75, 3.05) is 0 Å². The number of hydrogen-bond donors (Lipinski definition) is 0. The molecule has 2 aromatic rings. The second kappa shape index (κ2) is 7.03. The van der Waals surface area contributed by atoms with E-state index in [-0.39, 0.29) is 11.4 Å². The molecule has 0 saturated heterocycles. The number of nitrogens with zero attached hydrogens (tertiary/aromatic N) is 3. The minimum Gasteiger partial charge on any atom is -0.211 e. The van der Waals surface area contributed by atoms with Gasteiger partial charge in [-0.3, -0.25) is 0 Å². The average Bonchev–Trinajstić information content (AvgIpc) is 2.53. The van der Waals surface area contributed by atoms with E-state index in [0.29, 0.717) is 16.8 Å². The molecule has 0 aliphatic carbocycles. The van der Waals surface area contributed by atoms with Crippen LogP contribution in [0.5, 0.6) is 0 Å². The minimum absolute atomic E-state index is 0.119. The minimum atomic E-state index is 0.119. The summed E-state index contributed by atoms with van der Waals surface area (Å²) in [5, 5.41) is 0. The van der Waals surface area contributed by atoms with Crippen molar-refractivity contribution in [3.8, 4) is 11.1 Å². The van der Waals surface area contributed by atoms with Crippen molar-refractivity contribution in [3.63, 3.8) is 0 Å². The van der Waals surface area contributed by atoms with Crippen LogP contribution in [0.4, 0.5) is 17.1 Å². The second-order valence-corrected chi connectivity index (χ2v) is 4.74. The van der Waals surface area contributed by atoms with Gasteiger partial charge >= 0.3 is 0 Å². The van der Waals surface area contributed by atoms with Crippen LogP contribution in [-0.4, -0.2) is 18.2 Å². The van der Waals surface area contributed by atoms with Gasteiger partial charge in [0.15, 0.2) is 0 Å². The highest BCUT2D eigenvalue weighted by Crippen LogP contribution is 2.44. The van der Waals surface area contributed by atoms with Crippen LogP contribution in [-0.2, 0) is 14.4 Å². The fourth-order valence-electron chi connectivity index (χ4n) is 2.32. The van der Waals surface area contributed by atoms with E-state index in [1.165, 1.54) is 24.3 Å². The summed E-state index contributed by atoms with van der Waals surface area (Å²) in [6.45, 7) is 3.55. The Hall–Kier alpha value is -3.42. The van der Waals surface area contributed by atoms with E-state index in [4.69, 9.17) is 0 Å². The first-order valence-corrected chi connectivity index (χ1v) is 6.60. The molecular weight excluding hydrogens is 294 g/mol. The summed E-state index contributed by atoms with van der Waals surface area (Å²) >= 11 is 0. The third kappa shape index (κ3) is 3.26. The zero-order valence-electron chi connectivity index (χ0n) is 12.5. The third-order valence-electron chi connectivity index (χ3n) is 3.30. The van der Waals surface area contributed by atoms with Crippen LogP contribution in [0.25, 0.3) is 11.1 Å². The van der Waals surface area contributed by atoms with Crippen LogP contribution in [0.1, 0.15) is 11.1 Å². The number of hydrogen-bond acceptors (Lipinski definition) is 6. The van der Waals surface area contributed by atoms with E-state index in [2.05, 4.69) is 15.0 Å². The van der Waals surface area contributed by atoms with E-state index in [1.54, 1.807) is 6.92 Å². The van der Waals surface area contributed by atoms with Gasteiger partial charge in [-0.25, -0.2) is 14.4 Å². The Bertz CT molecular complexity index is 915. The van der Waals surface area contributed by atoms with Gasteiger partial charge in [-0.1, -0.05) is 29.8 Å². The van der Waals surface area contributed by atoms with E-state index in [9.17, 15) is 14.4 Å². The first-order valence-electron chi connectivity index (χ1n) is 6.60. The van der Waals surface area contributed by atoms with Gasteiger partial charge in [-0.05, 0) is 25.5 Å². The highest BCUT2D eigenvalue weighted by Gasteiger charge is 2.16. The fourth-order valence-corrected chi connectivity index (χ4v) is 2.32. The molecule has 0 bridgehead atoms. The lowest BCUT2D eigenvalue weighted by molar-refractivity contribution is 0.564. The lowest BCUT2D eigenvalue weighted by Gasteiger charge is -2.12. The van der Waals surface area contributed by atoms with Gasteiger partial charge in [-0.15, -0.1) is 0 Å². The van der Waals surface area contributed by atoms with Crippen LogP contribution < -0.4 is 0 Å². The normalized spacial score (nSPS) is 9.30. The Kier molecular flexibility index (Phi) is 4.88. The number of isocyanates is 3. The molecule has 6 nitrogen and oxygen atoms in total. The van der Waals surface area contributed by atoms with Gasteiger partial charge in [-0.2, -0.15) is 15.0 Å². The van der Waals surface area contributed by atoms with Crippen molar-refractivity contribution in [3.05, 3.63) is 41.5 Å². The molecule has 0 N–H and O–H groups in total. The van der Waals surface area contributed by atoms with Crippen molar-refractivity contribution in [2.45, 2.75) is 13.8 Å². The van der Waals surface area contributed by atoms with Crippen LogP contribution in [0, 0.1) is 13.8 Å². The molecule has 112 valence electrons. The van der Waals surface area contributed by atoms with Crippen LogP contribution in [0.15, 0.2) is 45.3 Å². The van der Waals surface area contributed by atoms with Crippen molar-refractivity contribution >= 4 is 35.3 Å². The summed E-state index contributed by atoms with van der Waals surface area (Å²) in [6, 6.07) is 9.04. The molecule has 0 unspecified atom stereocenters. The first kappa shape index (κ1) is 16.0. The van der Waals surface area contributed by atoms with Gasteiger partial charge < -0.3 is 0 Å². The average molecular weight is 305 g/mol. The Morgan fingerprint density at radius 3 is 2.09 bits per heavy atom. The Balaban J connectivity index is 2.92. The van der Waals surface area contributed by atoms with Gasteiger partial charge in [0.2, 0.25) is 18.2 Å². The van der Waals surface area contributed by atoms with Gasteiger partial charge in [0, 0.05) is 11.1 Å². The van der Waals surface area contributed by atoms with E-state index in [0.717, 1.165) is 11.1 Å². The van der Waals surface area contributed by atoms with E-state index >= 15 is 0 Å². The molecule has 0 aliphatic heterocycles. The quantitative estimate of drug-likeness (QED) is 0.634. The molecule has 2 rings (SSSR count).